The number of rotatable bonds is 7. The van der Waals surface area contributed by atoms with Crippen LogP contribution in [0, 0.1) is 10.8 Å². The monoisotopic (exact) mass is 274 g/mol. The molecule has 0 atom stereocenters. The summed E-state index contributed by atoms with van der Waals surface area (Å²) in [6, 6.07) is 0. The molecule has 0 aliphatic carbocycles. The Hall–Kier alpha value is -0.510. The van der Waals surface area contributed by atoms with E-state index >= 15 is 0 Å². The summed E-state index contributed by atoms with van der Waals surface area (Å²) in [6.07, 6.45) is 4.17. The van der Waals surface area contributed by atoms with Gasteiger partial charge in [-0.3, -0.25) is 9.59 Å². The van der Waals surface area contributed by atoms with Gasteiger partial charge in [0.25, 0.3) is 0 Å². The van der Waals surface area contributed by atoms with E-state index < -0.39 is 10.8 Å². The summed E-state index contributed by atoms with van der Waals surface area (Å²) < 4.78 is 5.25. The first kappa shape index (κ1) is 17.5. The van der Waals surface area contributed by atoms with Gasteiger partial charge >= 0.3 is 5.97 Å². The van der Waals surface area contributed by atoms with Gasteiger partial charge in [-0.1, -0.05) is 39.0 Å². The lowest BCUT2D eigenvalue weighted by Crippen LogP contribution is -2.35. The number of carbonyl (C=O) groups excluding carboxylic acids is 2. The molecule has 0 aliphatic heterocycles. The van der Waals surface area contributed by atoms with Gasteiger partial charge in [0.1, 0.15) is 0 Å². The lowest BCUT2D eigenvalue weighted by molar-refractivity contribution is -0.156. The van der Waals surface area contributed by atoms with Crippen LogP contribution < -0.4 is 0 Å². The third-order valence-electron chi connectivity index (χ3n) is 2.91. The minimum Gasteiger partial charge on any atom is -0.465 e. The van der Waals surface area contributed by atoms with Crippen molar-refractivity contribution in [2.24, 2.45) is 10.8 Å². The van der Waals surface area contributed by atoms with Crippen molar-refractivity contribution < 1.29 is 14.3 Å². The van der Waals surface area contributed by atoms with Crippen LogP contribution in [0.5, 0.6) is 0 Å². The van der Waals surface area contributed by atoms with Gasteiger partial charge in [-0.2, -0.15) is 0 Å². The van der Waals surface area contributed by atoms with E-state index in [1.807, 2.05) is 27.7 Å². The second kappa shape index (κ2) is 7.17. The number of esters is 1. The molecule has 0 aliphatic rings. The van der Waals surface area contributed by atoms with E-state index in [9.17, 15) is 9.59 Å². The van der Waals surface area contributed by atoms with Crippen molar-refractivity contribution in [2.45, 2.75) is 53.9 Å². The van der Waals surface area contributed by atoms with Gasteiger partial charge in [-0.15, -0.1) is 0 Å². The van der Waals surface area contributed by atoms with Gasteiger partial charge in [-0.25, -0.2) is 0 Å². The zero-order valence-corrected chi connectivity index (χ0v) is 13.3. The Morgan fingerprint density at radius 2 is 1.67 bits per heavy atom. The van der Waals surface area contributed by atoms with E-state index in [1.165, 1.54) is 11.8 Å². The molecule has 106 valence electrons. The smallest absolute Gasteiger partial charge is 0.311 e. The predicted octanol–water partition coefficient (Wildman–Crippen LogP) is 3.66. The van der Waals surface area contributed by atoms with Crippen LogP contribution in [0.3, 0.4) is 0 Å². The lowest BCUT2D eigenvalue weighted by atomic mass is 9.76. The Kier molecular flexibility index (Phi) is 6.97. The molecule has 0 amide bonds. The van der Waals surface area contributed by atoms with Crippen molar-refractivity contribution in [1.82, 2.24) is 0 Å². The topological polar surface area (TPSA) is 43.4 Å². The first-order valence-electron chi connectivity index (χ1n) is 6.43. The number of thioether (sulfide) groups is 1. The van der Waals surface area contributed by atoms with Crippen LogP contribution in [-0.2, 0) is 14.3 Å². The van der Waals surface area contributed by atoms with Crippen LogP contribution >= 0.6 is 11.8 Å². The molecule has 3 nitrogen and oxygen atoms in total. The summed E-state index contributed by atoms with van der Waals surface area (Å²) in [5.74, 6) is -0.210. The van der Waals surface area contributed by atoms with Crippen molar-refractivity contribution in [1.29, 1.82) is 0 Å². The molecule has 0 bridgehead atoms. The van der Waals surface area contributed by atoms with Gasteiger partial charge in [0.2, 0.25) is 0 Å². The van der Waals surface area contributed by atoms with Crippen LogP contribution in [0.15, 0.2) is 0 Å². The maximum Gasteiger partial charge on any atom is 0.311 e. The molecule has 18 heavy (non-hydrogen) atoms. The minimum atomic E-state index is -0.622. The van der Waals surface area contributed by atoms with Gasteiger partial charge in [-0.05, 0) is 32.9 Å². The van der Waals surface area contributed by atoms with Crippen LogP contribution in [0.1, 0.15) is 53.9 Å². The molecule has 0 heterocycles. The largest absolute Gasteiger partial charge is 0.465 e. The van der Waals surface area contributed by atoms with E-state index in [1.54, 1.807) is 6.26 Å². The van der Waals surface area contributed by atoms with Crippen molar-refractivity contribution >= 4 is 22.8 Å². The highest BCUT2D eigenvalue weighted by atomic mass is 32.2. The zero-order valence-electron chi connectivity index (χ0n) is 12.5. The quantitative estimate of drug-likeness (QED) is 0.525. The second-order valence-electron chi connectivity index (χ2n) is 5.93. The van der Waals surface area contributed by atoms with Crippen LogP contribution in [0.4, 0.5) is 0 Å². The van der Waals surface area contributed by atoms with E-state index in [2.05, 4.69) is 6.92 Å². The minimum absolute atomic E-state index is 0.108. The predicted molar refractivity (Wildman–Crippen MR) is 76.6 cm³/mol. The van der Waals surface area contributed by atoms with Crippen LogP contribution in [0.2, 0.25) is 0 Å². The molecule has 0 unspecified atom stereocenters. The Morgan fingerprint density at radius 1 is 1.11 bits per heavy atom. The summed E-state index contributed by atoms with van der Waals surface area (Å²) in [6.45, 7) is 9.97. The highest BCUT2D eigenvalue weighted by molar-refractivity contribution is 8.13. The summed E-state index contributed by atoms with van der Waals surface area (Å²) in [7, 11) is 0. The molecule has 4 heteroatoms. The summed E-state index contributed by atoms with van der Waals surface area (Å²) in [4.78, 5) is 23.8. The summed E-state index contributed by atoms with van der Waals surface area (Å²) in [5.41, 5.74) is -1.13. The maximum absolute atomic E-state index is 12.0. The zero-order chi connectivity index (χ0) is 14.4. The molecule has 0 fully saturated rings. The number of hydrogen-bond acceptors (Lipinski definition) is 4. The first-order chi connectivity index (χ1) is 8.17. The fraction of sp³-hybridized carbons (Fsp3) is 0.857. The molecule has 0 aromatic rings. The second-order valence-corrected chi connectivity index (χ2v) is 6.70. The molecule has 0 spiro atoms. The van der Waals surface area contributed by atoms with E-state index in [4.69, 9.17) is 4.74 Å². The number of unbranched alkanes of at least 4 members (excludes halogenated alkanes) is 1. The fourth-order valence-corrected chi connectivity index (χ4v) is 2.65. The SMILES string of the molecule is CCCCOC(=O)C(C)(C)CC(C)(C)C(=O)SC. The fourth-order valence-electron chi connectivity index (χ4n) is 2.03. The Balaban J connectivity index is 4.54. The number of ether oxygens (including phenoxy) is 1. The van der Waals surface area contributed by atoms with Crippen LogP contribution in [-0.4, -0.2) is 23.9 Å². The van der Waals surface area contributed by atoms with Gasteiger partial charge in [0.15, 0.2) is 5.12 Å². The van der Waals surface area contributed by atoms with E-state index in [0.717, 1.165) is 12.8 Å². The third-order valence-corrected chi connectivity index (χ3v) is 3.83. The highest BCUT2D eigenvalue weighted by Gasteiger charge is 2.39. The van der Waals surface area contributed by atoms with Gasteiger partial charge in [0.05, 0.1) is 12.0 Å². The van der Waals surface area contributed by atoms with Crippen molar-refractivity contribution in [3.05, 3.63) is 0 Å². The highest BCUT2D eigenvalue weighted by Crippen LogP contribution is 2.37. The normalized spacial score (nSPS) is 12.3. The molecular weight excluding hydrogens is 248 g/mol. The standard InChI is InChI=1S/C14H26O3S/c1-7-8-9-17-11(15)13(2,3)10-14(4,5)12(16)18-6/h7-10H2,1-6H3. The Morgan fingerprint density at radius 3 is 2.11 bits per heavy atom. The number of carbonyl (C=O) groups is 2. The van der Waals surface area contributed by atoms with Crippen molar-refractivity contribution in [2.75, 3.05) is 12.9 Å². The molecule has 0 rings (SSSR count). The molecular formula is C14H26O3S. The van der Waals surface area contributed by atoms with Crippen molar-refractivity contribution in [3.8, 4) is 0 Å². The molecule has 0 saturated carbocycles. The molecule has 0 N–H and O–H groups in total. The lowest BCUT2D eigenvalue weighted by Gasteiger charge is -2.31. The molecule has 0 radical (unpaired) electrons. The summed E-state index contributed by atoms with van der Waals surface area (Å²) in [5, 5.41) is 0.108. The van der Waals surface area contributed by atoms with Crippen molar-refractivity contribution in [3.63, 3.8) is 0 Å². The Labute approximate surface area is 115 Å². The summed E-state index contributed by atoms with van der Waals surface area (Å²) >= 11 is 1.21. The average Bonchev–Trinajstić information content (AvgIpc) is 2.26. The molecule has 0 aromatic heterocycles. The Bertz CT molecular complexity index is 295. The van der Waals surface area contributed by atoms with E-state index in [-0.39, 0.29) is 11.1 Å². The van der Waals surface area contributed by atoms with Gasteiger partial charge in [0, 0.05) is 5.41 Å². The third kappa shape index (κ3) is 5.42. The molecule has 0 aromatic carbocycles. The van der Waals surface area contributed by atoms with E-state index in [0.29, 0.717) is 13.0 Å². The van der Waals surface area contributed by atoms with Gasteiger partial charge < -0.3 is 4.74 Å². The van der Waals surface area contributed by atoms with Crippen LogP contribution in [0.25, 0.3) is 0 Å². The first-order valence-corrected chi connectivity index (χ1v) is 7.65. The molecule has 0 saturated heterocycles. The maximum atomic E-state index is 12.0. The number of hydrogen-bond donors (Lipinski definition) is 0. The average molecular weight is 274 g/mol.